The van der Waals surface area contributed by atoms with E-state index in [2.05, 4.69) is 23.4 Å². The van der Waals surface area contributed by atoms with Crippen molar-refractivity contribution in [2.75, 3.05) is 13.1 Å². The minimum atomic E-state index is 0.911. The van der Waals surface area contributed by atoms with Crippen molar-refractivity contribution >= 4 is 0 Å². The van der Waals surface area contributed by atoms with Crippen LogP contribution in [0.2, 0.25) is 0 Å². The Bertz CT molecular complexity index is 352. The molecule has 0 atom stereocenters. The van der Waals surface area contributed by atoms with Gasteiger partial charge in [0.1, 0.15) is 0 Å². The van der Waals surface area contributed by atoms with Crippen LogP contribution < -0.4 is 5.32 Å². The molecular formula is C15H19N. The summed E-state index contributed by atoms with van der Waals surface area (Å²) in [5.41, 5.74) is 2.39. The first-order valence-electron chi connectivity index (χ1n) is 6.15. The van der Waals surface area contributed by atoms with Gasteiger partial charge in [-0.3, -0.25) is 0 Å². The van der Waals surface area contributed by atoms with Gasteiger partial charge >= 0.3 is 0 Å². The highest BCUT2D eigenvalue weighted by molar-refractivity contribution is 5.34. The van der Waals surface area contributed by atoms with Crippen molar-refractivity contribution in [2.24, 2.45) is 5.92 Å². The van der Waals surface area contributed by atoms with Crippen LogP contribution in [0.1, 0.15) is 30.4 Å². The lowest BCUT2D eigenvalue weighted by Crippen LogP contribution is -2.27. The van der Waals surface area contributed by atoms with Crippen LogP contribution in [0, 0.1) is 18.3 Å². The first kappa shape index (κ1) is 11.2. The molecule has 1 aliphatic rings. The van der Waals surface area contributed by atoms with Gasteiger partial charge in [-0.05, 0) is 62.4 Å². The van der Waals surface area contributed by atoms with E-state index in [0.717, 1.165) is 11.5 Å². The highest BCUT2D eigenvalue weighted by atomic mass is 14.9. The normalized spacial score (nSPS) is 16.9. The molecule has 1 N–H and O–H groups in total. The van der Waals surface area contributed by atoms with Crippen molar-refractivity contribution in [2.45, 2.75) is 25.7 Å². The van der Waals surface area contributed by atoms with E-state index in [9.17, 15) is 0 Å². The van der Waals surface area contributed by atoms with Gasteiger partial charge in [-0.1, -0.05) is 18.1 Å². The van der Waals surface area contributed by atoms with Crippen LogP contribution in [0.15, 0.2) is 24.3 Å². The Morgan fingerprint density at radius 2 is 1.88 bits per heavy atom. The van der Waals surface area contributed by atoms with Gasteiger partial charge in [-0.25, -0.2) is 0 Å². The number of benzene rings is 1. The van der Waals surface area contributed by atoms with E-state index >= 15 is 0 Å². The second-order valence-electron chi connectivity index (χ2n) is 4.57. The number of hydrogen-bond donors (Lipinski definition) is 1. The van der Waals surface area contributed by atoms with Gasteiger partial charge in [-0.2, -0.15) is 0 Å². The van der Waals surface area contributed by atoms with Crippen molar-refractivity contribution in [3.63, 3.8) is 0 Å². The van der Waals surface area contributed by atoms with Crippen LogP contribution in [0.25, 0.3) is 0 Å². The van der Waals surface area contributed by atoms with Crippen molar-refractivity contribution < 1.29 is 0 Å². The molecule has 1 saturated heterocycles. The standard InChI is InChI=1S/C15H19N/c1-2-13-3-5-14(6-4-13)7-8-15-9-11-16-12-10-15/h1,3-6,15-16H,7-12H2. The number of aryl methyl sites for hydroxylation is 1. The summed E-state index contributed by atoms with van der Waals surface area (Å²) in [5, 5.41) is 3.41. The molecule has 1 fully saturated rings. The molecule has 0 spiro atoms. The maximum Gasteiger partial charge on any atom is 0.0242 e. The van der Waals surface area contributed by atoms with E-state index in [-0.39, 0.29) is 0 Å². The Kier molecular flexibility index (Phi) is 4.02. The average Bonchev–Trinajstić information content (AvgIpc) is 2.38. The Labute approximate surface area is 98.3 Å². The topological polar surface area (TPSA) is 12.0 Å². The predicted octanol–water partition coefficient (Wildman–Crippen LogP) is 2.60. The number of hydrogen-bond acceptors (Lipinski definition) is 1. The van der Waals surface area contributed by atoms with Gasteiger partial charge in [-0.15, -0.1) is 6.42 Å². The zero-order valence-corrected chi connectivity index (χ0v) is 9.71. The number of terminal acetylenes is 1. The number of nitrogens with one attached hydrogen (secondary N) is 1. The molecule has 0 saturated carbocycles. The SMILES string of the molecule is C#Cc1ccc(CCC2CCNCC2)cc1. The quantitative estimate of drug-likeness (QED) is 0.761. The summed E-state index contributed by atoms with van der Waals surface area (Å²) in [6.45, 7) is 2.39. The molecule has 0 radical (unpaired) electrons. The summed E-state index contributed by atoms with van der Waals surface area (Å²) < 4.78 is 0. The fourth-order valence-corrected chi connectivity index (χ4v) is 2.31. The van der Waals surface area contributed by atoms with Gasteiger partial charge < -0.3 is 5.32 Å². The third kappa shape index (κ3) is 3.12. The maximum absolute atomic E-state index is 5.33. The molecule has 0 bridgehead atoms. The van der Waals surface area contributed by atoms with Crippen molar-refractivity contribution in [3.05, 3.63) is 35.4 Å². The fraction of sp³-hybridized carbons (Fsp3) is 0.467. The molecule has 1 aliphatic heterocycles. The molecule has 1 nitrogen and oxygen atoms in total. The zero-order chi connectivity index (χ0) is 11.2. The summed E-state index contributed by atoms with van der Waals surface area (Å²) in [6.07, 6.45) is 10.5. The van der Waals surface area contributed by atoms with Gasteiger partial charge in [0.15, 0.2) is 0 Å². The molecule has 1 aromatic rings. The second kappa shape index (κ2) is 5.72. The minimum Gasteiger partial charge on any atom is -0.317 e. The Morgan fingerprint density at radius 3 is 2.50 bits per heavy atom. The second-order valence-corrected chi connectivity index (χ2v) is 4.57. The van der Waals surface area contributed by atoms with E-state index < -0.39 is 0 Å². The summed E-state index contributed by atoms with van der Waals surface area (Å²) in [6, 6.07) is 8.40. The Balaban J connectivity index is 1.82. The molecule has 84 valence electrons. The largest absolute Gasteiger partial charge is 0.317 e. The molecule has 1 heteroatoms. The third-order valence-electron chi connectivity index (χ3n) is 3.42. The smallest absolute Gasteiger partial charge is 0.0242 e. The number of piperidine rings is 1. The summed E-state index contributed by atoms with van der Waals surface area (Å²) in [5.74, 6) is 3.56. The van der Waals surface area contributed by atoms with Crippen molar-refractivity contribution in [1.29, 1.82) is 0 Å². The Hall–Kier alpha value is -1.26. The zero-order valence-electron chi connectivity index (χ0n) is 9.71. The molecule has 1 heterocycles. The Morgan fingerprint density at radius 1 is 1.19 bits per heavy atom. The number of rotatable bonds is 3. The predicted molar refractivity (Wildman–Crippen MR) is 68.3 cm³/mol. The van der Waals surface area contributed by atoms with Crippen molar-refractivity contribution in [1.82, 2.24) is 5.32 Å². The van der Waals surface area contributed by atoms with Crippen LogP contribution >= 0.6 is 0 Å². The van der Waals surface area contributed by atoms with Crippen LogP contribution in [0.5, 0.6) is 0 Å². The van der Waals surface area contributed by atoms with Crippen LogP contribution in [-0.4, -0.2) is 13.1 Å². The van der Waals surface area contributed by atoms with E-state index in [4.69, 9.17) is 6.42 Å². The van der Waals surface area contributed by atoms with Crippen molar-refractivity contribution in [3.8, 4) is 12.3 Å². The maximum atomic E-state index is 5.33. The molecule has 1 aromatic carbocycles. The summed E-state index contributed by atoms with van der Waals surface area (Å²) >= 11 is 0. The molecule has 16 heavy (non-hydrogen) atoms. The van der Waals surface area contributed by atoms with E-state index in [0.29, 0.717) is 0 Å². The molecule has 0 unspecified atom stereocenters. The monoisotopic (exact) mass is 213 g/mol. The van der Waals surface area contributed by atoms with Gasteiger partial charge in [0.2, 0.25) is 0 Å². The molecular weight excluding hydrogens is 194 g/mol. The highest BCUT2D eigenvalue weighted by Gasteiger charge is 2.12. The van der Waals surface area contributed by atoms with Gasteiger partial charge in [0.05, 0.1) is 0 Å². The molecule has 2 rings (SSSR count). The minimum absolute atomic E-state index is 0.911. The lowest BCUT2D eigenvalue weighted by molar-refractivity contribution is 0.354. The molecule has 0 amide bonds. The van der Waals surface area contributed by atoms with Gasteiger partial charge in [0, 0.05) is 5.56 Å². The lowest BCUT2D eigenvalue weighted by Gasteiger charge is -2.22. The first-order valence-corrected chi connectivity index (χ1v) is 6.15. The van der Waals surface area contributed by atoms with E-state index in [1.165, 1.54) is 44.3 Å². The molecule has 0 aromatic heterocycles. The van der Waals surface area contributed by atoms with E-state index in [1.807, 2.05) is 12.1 Å². The van der Waals surface area contributed by atoms with E-state index in [1.54, 1.807) is 0 Å². The fourth-order valence-electron chi connectivity index (χ4n) is 2.31. The van der Waals surface area contributed by atoms with Crippen LogP contribution in [0.3, 0.4) is 0 Å². The van der Waals surface area contributed by atoms with Crippen LogP contribution in [0.4, 0.5) is 0 Å². The average molecular weight is 213 g/mol. The summed E-state index contributed by atoms with van der Waals surface area (Å²) in [7, 11) is 0. The highest BCUT2D eigenvalue weighted by Crippen LogP contribution is 2.18. The molecule has 0 aliphatic carbocycles. The third-order valence-corrected chi connectivity index (χ3v) is 3.42. The van der Waals surface area contributed by atoms with Crippen LogP contribution in [-0.2, 0) is 6.42 Å². The van der Waals surface area contributed by atoms with Gasteiger partial charge in [0.25, 0.3) is 0 Å². The summed E-state index contributed by atoms with van der Waals surface area (Å²) in [4.78, 5) is 0. The first-order chi connectivity index (χ1) is 7.88. The lowest BCUT2D eigenvalue weighted by atomic mass is 9.91.